The summed E-state index contributed by atoms with van der Waals surface area (Å²) in [7, 11) is 1.89. The highest BCUT2D eigenvalue weighted by atomic mass is 16.5. The second kappa shape index (κ2) is 4.45. The van der Waals surface area contributed by atoms with Crippen molar-refractivity contribution in [3.63, 3.8) is 0 Å². The van der Waals surface area contributed by atoms with E-state index in [1.807, 2.05) is 7.11 Å². The van der Waals surface area contributed by atoms with Crippen LogP contribution in [0.25, 0.3) is 0 Å². The van der Waals surface area contributed by atoms with Crippen molar-refractivity contribution in [2.45, 2.75) is 57.5 Å². The third kappa shape index (κ3) is 2.46. The predicted octanol–water partition coefficient (Wildman–Crippen LogP) is 3.38. The van der Waals surface area contributed by atoms with Crippen molar-refractivity contribution >= 4 is 0 Å². The van der Waals surface area contributed by atoms with Crippen molar-refractivity contribution in [1.29, 1.82) is 0 Å². The normalized spacial score (nSPS) is 40.8. The number of ether oxygens (including phenoxy) is 1. The van der Waals surface area contributed by atoms with Crippen LogP contribution in [0.2, 0.25) is 0 Å². The zero-order valence-electron chi connectivity index (χ0n) is 8.80. The number of fused-ring (bicyclic) bond motifs is 3. The zero-order valence-corrected chi connectivity index (χ0v) is 8.80. The summed E-state index contributed by atoms with van der Waals surface area (Å²) in [6, 6.07) is 0. The van der Waals surface area contributed by atoms with Crippen molar-refractivity contribution in [2.24, 2.45) is 11.8 Å². The van der Waals surface area contributed by atoms with E-state index in [0.29, 0.717) is 6.10 Å². The number of hydrogen-bond acceptors (Lipinski definition) is 1. The fraction of sp³-hybridized carbons (Fsp3) is 1.00. The molecule has 0 aromatic carbocycles. The Kier molecular flexibility index (Phi) is 3.26. The first-order valence-corrected chi connectivity index (χ1v) is 5.91. The van der Waals surface area contributed by atoms with E-state index >= 15 is 0 Å². The summed E-state index contributed by atoms with van der Waals surface area (Å²) in [5.41, 5.74) is 0. The highest BCUT2D eigenvalue weighted by molar-refractivity contribution is 4.79. The van der Waals surface area contributed by atoms with Gasteiger partial charge in [-0.25, -0.2) is 0 Å². The largest absolute Gasteiger partial charge is 0.381 e. The standard InChI is InChI=1S/C12H22O/c1-13-12-8-10-4-2-3-5-11(9-12)7-6-10/h10-12H,2-9H2,1H3. The van der Waals surface area contributed by atoms with Gasteiger partial charge in [0, 0.05) is 7.11 Å². The van der Waals surface area contributed by atoms with Crippen LogP contribution in [0.1, 0.15) is 51.4 Å². The first-order valence-electron chi connectivity index (χ1n) is 5.91. The van der Waals surface area contributed by atoms with Gasteiger partial charge in [0.1, 0.15) is 0 Å². The van der Waals surface area contributed by atoms with Crippen LogP contribution in [0, 0.1) is 11.8 Å². The fourth-order valence-corrected chi connectivity index (χ4v) is 3.13. The lowest BCUT2D eigenvalue weighted by Crippen LogP contribution is -2.14. The van der Waals surface area contributed by atoms with Crippen molar-refractivity contribution in [3.05, 3.63) is 0 Å². The summed E-state index contributed by atoms with van der Waals surface area (Å²) in [4.78, 5) is 0. The van der Waals surface area contributed by atoms with E-state index in [1.54, 1.807) is 0 Å². The van der Waals surface area contributed by atoms with Gasteiger partial charge < -0.3 is 4.74 Å². The smallest absolute Gasteiger partial charge is 0.0576 e. The lowest BCUT2D eigenvalue weighted by atomic mass is 9.87. The first-order chi connectivity index (χ1) is 6.38. The van der Waals surface area contributed by atoms with Crippen LogP contribution in [0.5, 0.6) is 0 Å². The number of methoxy groups -OCH3 is 1. The molecule has 2 rings (SSSR count). The Labute approximate surface area is 81.9 Å². The van der Waals surface area contributed by atoms with E-state index < -0.39 is 0 Å². The molecule has 1 nitrogen and oxygen atoms in total. The summed E-state index contributed by atoms with van der Waals surface area (Å²) in [5.74, 6) is 1.96. The van der Waals surface area contributed by atoms with Crippen LogP contribution in [0.4, 0.5) is 0 Å². The molecule has 0 saturated heterocycles. The molecule has 0 aromatic rings. The molecule has 1 heteroatoms. The minimum Gasteiger partial charge on any atom is -0.381 e. The molecular weight excluding hydrogens is 160 g/mol. The Morgan fingerprint density at radius 3 is 1.85 bits per heavy atom. The van der Waals surface area contributed by atoms with Gasteiger partial charge in [-0.2, -0.15) is 0 Å². The summed E-state index contributed by atoms with van der Waals surface area (Å²) in [6.07, 6.45) is 12.1. The zero-order chi connectivity index (χ0) is 9.10. The average Bonchev–Trinajstić information content (AvgIpc) is 2.24. The molecule has 0 aromatic heterocycles. The maximum Gasteiger partial charge on any atom is 0.0576 e. The van der Waals surface area contributed by atoms with E-state index in [1.165, 1.54) is 51.4 Å². The van der Waals surface area contributed by atoms with Gasteiger partial charge in [-0.3, -0.25) is 0 Å². The Morgan fingerprint density at radius 1 is 0.846 bits per heavy atom. The van der Waals surface area contributed by atoms with Crippen LogP contribution < -0.4 is 0 Å². The van der Waals surface area contributed by atoms with Gasteiger partial charge in [0.2, 0.25) is 0 Å². The topological polar surface area (TPSA) is 9.23 Å². The minimum absolute atomic E-state index is 0.579. The van der Waals surface area contributed by atoms with Gasteiger partial charge in [0.05, 0.1) is 6.10 Å². The highest BCUT2D eigenvalue weighted by Crippen LogP contribution is 2.36. The van der Waals surface area contributed by atoms with Crippen molar-refractivity contribution in [1.82, 2.24) is 0 Å². The molecule has 0 heterocycles. The molecule has 0 N–H and O–H groups in total. The maximum absolute atomic E-state index is 5.56. The van der Waals surface area contributed by atoms with Gasteiger partial charge >= 0.3 is 0 Å². The van der Waals surface area contributed by atoms with E-state index in [4.69, 9.17) is 4.74 Å². The van der Waals surface area contributed by atoms with Gasteiger partial charge in [-0.1, -0.05) is 38.5 Å². The predicted molar refractivity (Wildman–Crippen MR) is 54.7 cm³/mol. The summed E-state index contributed by atoms with van der Waals surface area (Å²) >= 11 is 0. The Morgan fingerprint density at radius 2 is 1.38 bits per heavy atom. The molecule has 2 unspecified atom stereocenters. The summed E-state index contributed by atoms with van der Waals surface area (Å²) in [5, 5.41) is 0. The van der Waals surface area contributed by atoms with Crippen molar-refractivity contribution < 1.29 is 4.74 Å². The number of hydrogen-bond donors (Lipinski definition) is 0. The lowest BCUT2D eigenvalue weighted by molar-refractivity contribution is 0.0707. The van der Waals surface area contributed by atoms with E-state index in [9.17, 15) is 0 Å². The molecule has 0 spiro atoms. The van der Waals surface area contributed by atoms with Gasteiger partial charge in [0.25, 0.3) is 0 Å². The second-order valence-corrected chi connectivity index (χ2v) is 4.92. The monoisotopic (exact) mass is 182 g/mol. The van der Waals surface area contributed by atoms with Gasteiger partial charge in [0.15, 0.2) is 0 Å². The summed E-state index contributed by atoms with van der Waals surface area (Å²) < 4.78 is 5.56. The van der Waals surface area contributed by atoms with E-state index in [2.05, 4.69) is 0 Å². The molecule has 0 amide bonds. The molecule has 2 aliphatic carbocycles. The van der Waals surface area contributed by atoms with Crippen LogP contribution in [-0.4, -0.2) is 13.2 Å². The Balaban J connectivity index is 2.00. The quantitative estimate of drug-likeness (QED) is 0.604. The highest BCUT2D eigenvalue weighted by Gasteiger charge is 2.27. The lowest BCUT2D eigenvalue weighted by Gasteiger charge is -2.18. The van der Waals surface area contributed by atoms with Gasteiger partial charge in [-0.05, 0) is 24.7 Å². The molecule has 0 aliphatic heterocycles. The van der Waals surface area contributed by atoms with E-state index in [0.717, 1.165) is 11.8 Å². The summed E-state index contributed by atoms with van der Waals surface area (Å²) in [6.45, 7) is 0. The molecule has 2 saturated carbocycles. The SMILES string of the molecule is COC1CC2CCCCC(CC2)C1. The third-order valence-electron chi connectivity index (χ3n) is 3.98. The minimum atomic E-state index is 0.579. The van der Waals surface area contributed by atoms with Crippen LogP contribution in [0.15, 0.2) is 0 Å². The van der Waals surface area contributed by atoms with Gasteiger partial charge in [-0.15, -0.1) is 0 Å². The Hall–Kier alpha value is -0.0400. The van der Waals surface area contributed by atoms with Crippen LogP contribution >= 0.6 is 0 Å². The Bertz CT molecular complexity index is 139. The van der Waals surface area contributed by atoms with Crippen LogP contribution in [0.3, 0.4) is 0 Å². The molecule has 2 atom stereocenters. The first kappa shape index (κ1) is 9.51. The molecule has 13 heavy (non-hydrogen) atoms. The molecular formula is C12H22O. The maximum atomic E-state index is 5.56. The molecule has 2 bridgehead atoms. The fourth-order valence-electron chi connectivity index (χ4n) is 3.13. The molecule has 76 valence electrons. The third-order valence-corrected chi connectivity index (χ3v) is 3.98. The van der Waals surface area contributed by atoms with Crippen molar-refractivity contribution in [3.8, 4) is 0 Å². The second-order valence-electron chi connectivity index (χ2n) is 4.92. The van der Waals surface area contributed by atoms with Crippen molar-refractivity contribution in [2.75, 3.05) is 7.11 Å². The molecule has 0 radical (unpaired) electrons. The number of rotatable bonds is 1. The average molecular weight is 182 g/mol. The van der Waals surface area contributed by atoms with E-state index in [-0.39, 0.29) is 0 Å². The van der Waals surface area contributed by atoms with Crippen LogP contribution in [-0.2, 0) is 4.74 Å². The molecule has 2 aliphatic rings. The molecule has 2 fully saturated rings.